The molecule has 2 aromatic rings. The van der Waals surface area contributed by atoms with Crippen molar-refractivity contribution in [3.05, 3.63) is 71.6 Å². The Morgan fingerprint density at radius 3 is 2.39 bits per heavy atom. The van der Waals surface area contributed by atoms with Crippen LogP contribution >= 0.6 is 0 Å². The van der Waals surface area contributed by atoms with Crippen LogP contribution in [-0.4, -0.2) is 50.1 Å². The Hall–Kier alpha value is -3.17. The molecule has 0 radical (unpaired) electrons. The van der Waals surface area contributed by atoms with Crippen molar-refractivity contribution in [2.75, 3.05) is 44.2 Å². The third-order valence-electron chi connectivity index (χ3n) is 4.76. The Labute approximate surface area is 164 Å². The molecule has 1 amide bonds. The predicted molar refractivity (Wildman–Crippen MR) is 108 cm³/mol. The van der Waals surface area contributed by atoms with Gasteiger partial charge in [-0.3, -0.25) is 9.69 Å². The van der Waals surface area contributed by atoms with Gasteiger partial charge in [0.15, 0.2) is 0 Å². The number of anilines is 1. The third-order valence-corrected chi connectivity index (χ3v) is 4.76. The van der Waals surface area contributed by atoms with Crippen molar-refractivity contribution >= 4 is 17.7 Å². The first-order valence-corrected chi connectivity index (χ1v) is 9.33. The van der Waals surface area contributed by atoms with Crippen LogP contribution in [-0.2, 0) is 4.79 Å². The maximum Gasteiger partial charge on any atom is 0.244 e. The average Bonchev–Trinajstić information content (AvgIpc) is 2.74. The summed E-state index contributed by atoms with van der Waals surface area (Å²) >= 11 is 0. The van der Waals surface area contributed by atoms with E-state index in [2.05, 4.69) is 21.2 Å². The number of piperazine rings is 1. The number of benzene rings is 2. The maximum atomic E-state index is 13.0. The standard InChI is InChI=1S/C22H23FN4O/c23-20-6-8-21(9-7-20)27-15-13-26(14-16-27)12-11-25-22(28)10-5-18-1-3-19(17-24)4-2-18/h1-10H,11-16H2,(H,25,28)/b10-5-. The highest BCUT2D eigenvalue weighted by molar-refractivity contribution is 5.91. The fourth-order valence-corrected chi connectivity index (χ4v) is 3.12. The van der Waals surface area contributed by atoms with Gasteiger partial charge in [0, 0.05) is 51.0 Å². The first-order valence-electron chi connectivity index (χ1n) is 9.33. The van der Waals surface area contributed by atoms with E-state index in [0.717, 1.165) is 44.0 Å². The van der Waals surface area contributed by atoms with Crippen molar-refractivity contribution in [3.63, 3.8) is 0 Å². The Morgan fingerprint density at radius 2 is 1.75 bits per heavy atom. The van der Waals surface area contributed by atoms with Crippen molar-refractivity contribution < 1.29 is 9.18 Å². The third kappa shape index (κ3) is 5.66. The minimum absolute atomic E-state index is 0.130. The van der Waals surface area contributed by atoms with Crippen molar-refractivity contribution in [3.8, 4) is 6.07 Å². The number of hydrogen-bond acceptors (Lipinski definition) is 4. The van der Waals surface area contributed by atoms with E-state index in [9.17, 15) is 9.18 Å². The van der Waals surface area contributed by atoms with Gasteiger partial charge in [0.1, 0.15) is 5.82 Å². The number of carbonyl (C=O) groups excluding carboxylic acids is 1. The van der Waals surface area contributed by atoms with Crippen LogP contribution in [0.5, 0.6) is 0 Å². The van der Waals surface area contributed by atoms with E-state index in [0.29, 0.717) is 12.1 Å². The fraction of sp³-hybridized carbons (Fsp3) is 0.273. The van der Waals surface area contributed by atoms with E-state index in [1.807, 2.05) is 24.3 Å². The molecule has 5 nitrogen and oxygen atoms in total. The summed E-state index contributed by atoms with van der Waals surface area (Å²) in [6.07, 6.45) is 3.24. The number of rotatable bonds is 6. The zero-order valence-electron chi connectivity index (χ0n) is 15.6. The average molecular weight is 378 g/mol. The molecule has 0 aromatic heterocycles. The molecule has 2 aromatic carbocycles. The van der Waals surface area contributed by atoms with Crippen LogP contribution in [0.3, 0.4) is 0 Å². The highest BCUT2D eigenvalue weighted by Crippen LogP contribution is 2.16. The first-order chi connectivity index (χ1) is 13.6. The first kappa shape index (κ1) is 19.6. The summed E-state index contributed by atoms with van der Waals surface area (Å²) in [7, 11) is 0. The molecule has 0 spiro atoms. The van der Waals surface area contributed by atoms with Crippen molar-refractivity contribution in [1.29, 1.82) is 5.26 Å². The summed E-state index contributed by atoms with van der Waals surface area (Å²) in [5.74, 6) is -0.347. The van der Waals surface area contributed by atoms with Gasteiger partial charge in [0.25, 0.3) is 0 Å². The molecule has 3 rings (SSSR count). The zero-order valence-corrected chi connectivity index (χ0v) is 15.6. The second-order valence-corrected chi connectivity index (χ2v) is 6.66. The molecular formula is C22H23FN4O. The minimum Gasteiger partial charge on any atom is -0.369 e. The number of hydrogen-bond donors (Lipinski definition) is 1. The van der Waals surface area contributed by atoms with Gasteiger partial charge < -0.3 is 10.2 Å². The lowest BCUT2D eigenvalue weighted by atomic mass is 10.1. The Morgan fingerprint density at radius 1 is 1.07 bits per heavy atom. The van der Waals surface area contributed by atoms with Crippen LogP contribution in [0.15, 0.2) is 54.6 Å². The quantitative estimate of drug-likeness (QED) is 0.785. The molecule has 0 bridgehead atoms. The number of nitrogens with zero attached hydrogens (tertiary/aromatic N) is 3. The molecule has 0 saturated carbocycles. The monoisotopic (exact) mass is 378 g/mol. The van der Waals surface area contributed by atoms with Gasteiger partial charge in [-0.15, -0.1) is 0 Å². The summed E-state index contributed by atoms with van der Waals surface area (Å²) in [4.78, 5) is 16.5. The summed E-state index contributed by atoms with van der Waals surface area (Å²) < 4.78 is 13.0. The molecule has 28 heavy (non-hydrogen) atoms. The zero-order chi connectivity index (χ0) is 19.8. The summed E-state index contributed by atoms with van der Waals surface area (Å²) in [6, 6.07) is 15.7. The van der Waals surface area contributed by atoms with Gasteiger partial charge in [-0.05, 0) is 48.0 Å². The van der Waals surface area contributed by atoms with E-state index >= 15 is 0 Å². The molecule has 1 fully saturated rings. The van der Waals surface area contributed by atoms with Gasteiger partial charge in [-0.1, -0.05) is 12.1 Å². The molecule has 6 heteroatoms. The highest BCUT2D eigenvalue weighted by Gasteiger charge is 2.16. The lowest BCUT2D eigenvalue weighted by molar-refractivity contribution is -0.116. The number of amides is 1. The van der Waals surface area contributed by atoms with Crippen LogP contribution < -0.4 is 10.2 Å². The van der Waals surface area contributed by atoms with Crippen molar-refractivity contribution in [2.45, 2.75) is 0 Å². The van der Waals surface area contributed by atoms with Crippen LogP contribution in [0.25, 0.3) is 6.08 Å². The lowest BCUT2D eigenvalue weighted by Crippen LogP contribution is -2.48. The van der Waals surface area contributed by atoms with Gasteiger partial charge >= 0.3 is 0 Å². The largest absolute Gasteiger partial charge is 0.369 e. The Kier molecular flexibility index (Phi) is 6.77. The van der Waals surface area contributed by atoms with E-state index < -0.39 is 0 Å². The molecule has 1 aliphatic heterocycles. The number of nitriles is 1. The van der Waals surface area contributed by atoms with E-state index in [-0.39, 0.29) is 11.7 Å². The number of halogens is 1. The SMILES string of the molecule is N#Cc1ccc(/C=C\C(=O)NCCN2CCN(c3ccc(F)cc3)CC2)cc1. The minimum atomic E-state index is -0.216. The molecule has 1 N–H and O–H groups in total. The molecule has 144 valence electrons. The molecule has 1 aliphatic rings. The summed E-state index contributed by atoms with van der Waals surface area (Å²) in [5.41, 5.74) is 2.52. The van der Waals surface area contributed by atoms with Crippen LogP contribution in [0, 0.1) is 17.1 Å². The van der Waals surface area contributed by atoms with Crippen LogP contribution in [0.4, 0.5) is 10.1 Å². The maximum absolute atomic E-state index is 13.0. The molecule has 1 heterocycles. The second kappa shape index (κ2) is 9.67. The van der Waals surface area contributed by atoms with Gasteiger partial charge in [0.2, 0.25) is 5.91 Å². The van der Waals surface area contributed by atoms with Gasteiger partial charge in [0.05, 0.1) is 11.6 Å². The van der Waals surface area contributed by atoms with Crippen molar-refractivity contribution in [2.24, 2.45) is 0 Å². The van der Waals surface area contributed by atoms with Crippen LogP contribution in [0.1, 0.15) is 11.1 Å². The predicted octanol–water partition coefficient (Wildman–Crippen LogP) is 2.65. The summed E-state index contributed by atoms with van der Waals surface area (Å²) in [5, 5.41) is 11.7. The summed E-state index contributed by atoms with van der Waals surface area (Å²) in [6.45, 7) is 4.99. The number of nitrogens with one attached hydrogen (secondary N) is 1. The second-order valence-electron chi connectivity index (χ2n) is 6.66. The van der Waals surface area contributed by atoms with Gasteiger partial charge in [-0.25, -0.2) is 4.39 Å². The highest BCUT2D eigenvalue weighted by atomic mass is 19.1. The van der Waals surface area contributed by atoms with E-state index in [1.165, 1.54) is 18.2 Å². The molecular weight excluding hydrogens is 355 g/mol. The number of carbonyl (C=O) groups is 1. The normalized spacial score (nSPS) is 14.8. The lowest BCUT2D eigenvalue weighted by Gasteiger charge is -2.36. The topological polar surface area (TPSA) is 59.4 Å². The van der Waals surface area contributed by atoms with Crippen LogP contribution in [0.2, 0.25) is 0 Å². The molecule has 0 aliphatic carbocycles. The Balaban J connectivity index is 1.36. The van der Waals surface area contributed by atoms with Crippen molar-refractivity contribution in [1.82, 2.24) is 10.2 Å². The smallest absolute Gasteiger partial charge is 0.244 e. The van der Waals surface area contributed by atoms with E-state index in [4.69, 9.17) is 5.26 Å². The van der Waals surface area contributed by atoms with E-state index in [1.54, 1.807) is 18.2 Å². The molecule has 0 unspecified atom stereocenters. The Bertz CT molecular complexity index is 848. The molecule has 1 saturated heterocycles. The molecule has 0 atom stereocenters. The van der Waals surface area contributed by atoms with Gasteiger partial charge in [-0.2, -0.15) is 5.26 Å². The fourth-order valence-electron chi connectivity index (χ4n) is 3.12.